The highest BCUT2D eigenvalue weighted by Gasteiger charge is 2.29. The van der Waals surface area contributed by atoms with Crippen molar-refractivity contribution in [2.75, 3.05) is 52.4 Å². The van der Waals surface area contributed by atoms with E-state index in [1.165, 1.54) is 10.4 Å². The molecule has 0 radical (unpaired) electrons. The molecule has 1 amide bonds. The Morgan fingerprint density at radius 1 is 1.21 bits per heavy atom. The first-order chi connectivity index (χ1) is 15.8. The number of hydrogen-bond donors (Lipinski definition) is 2. The summed E-state index contributed by atoms with van der Waals surface area (Å²) in [7, 11) is -3.62. The van der Waals surface area contributed by atoms with Crippen LogP contribution in [0.25, 0.3) is 0 Å². The number of sulfonamides is 1. The molecule has 0 aromatic heterocycles. The molecule has 33 heavy (non-hydrogen) atoms. The second-order valence-electron chi connectivity index (χ2n) is 9.19. The van der Waals surface area contributed by atoms with E-state index < -0.39 is 10.0 Å². The molecule has 8 nitrogen and oxygen atoms in total. The van der Waals surface area contributed by atoms with Crippen LogP contribution in [-0.2, 0) is 14.8 Å². The zero-order valence-electron chi connectivity index (χ0n) is 19.7. The molecular weight excluding hydrogens is 464 g/mol. The average molecular weight is 501 g/mol. The molecule has 2 saturated heterocycles. The van der Waals surface area contributed by atoms with Gasteiger partial charge in [-0.1, -0.05) is 25.4 Å². The molecule has 2 N–H and O–H groups in total. The van der Waals surface area contributed by atoms with Crippen molar-refractivity contribution in [3.05, 3.63) is 23.2 Å². The van der Waals surface area contributed by atoms with Gasteiger partial charge in [0.05, 0.1) is 9.92 Å². The highest BCUT2D eigenvalue weighted by molar-refractivity contribution is 7.89. The van der Waals surface area contributed by atoms with E-state index in [1.54, 1.807) is 12.1 Å². The maximum absolute atomic E-state index is 13.1. The summed E-state index contributed by atoms with van der Waals surface area (Å²) in [6.45, 7) is 9.41. The van der Waals surface area contributed by atoms with Crippen LogP contribution in [0.5, 0.6) is 5.75 Å². The molecule has 2 aliphatic heterocycles. The summed E-state index contributed by atoms with van der Waals surface area (Å²) in [6.07, 6.45) is 3.34. The molecule has 0 bridgehead atoms. The maximum Gasteiger partial charge on any atom is 0.243 e. The van der Waals surface area contributed by atoms with Crippen LogP contribution in [0, 0.1) is 5.92 Å². The number of ether oxygens (including phenoxy) is 1. The van der Waals surface area contributed by atoms with Gasteiger partial charge in [0.25, 0.3) is 0 Å². The summed E-state index contributed by atoms with van der Waals surface area (Å²) in [5.41, 5.74) is 0. The molecule has 0 spiro atoms. The van der Waals surface area contributed by atoms with Gasteiger partial charge in [0.2, 0.25) is 15.9 Å². The fraction of sp³-hybridized carbons (Fsp3) is 0.696. The Kier molecular flexibility index (Phi) is 9.81. The van der Waals surface area contributed by atoms with Crippen molar-refractivity contribution in [1.29, 1.82) is 0 Å². The highest BCUT2D eigenvalue weighted by Crippen LogP contribution is 2.30. The molecule has 0 aliphatic carbocycles. The molecule has 10 heteroatoms. The van der Waals surface area contributed by atoms with Gasteiger partial charge in [-0.05, 0) is 56.5 Å². The maximum atomic E-state index is 13.1. The summed E-state index contributed by atoms with van der Waals surface area (Å²) in [5, 5.41) is 6.56. The Bertz CT molecular complexity index is 882. The first-order valence-corrected chi connectivity index (χ1v) is 13.7. The predicted molar refractivity (Wildman–Crippen MR) is 130 cm³/mol. The largest absolute Gasteiger partial charge is 0.489 e. The predicted octanol–water partition coefficient (Wildman–Crippen LogP) is 2.33. The molecule has 1 aromatic carbocycles. The van der Waals surface area contributed by atoms with E-state index in [4.69, 9.17) is 16.3 Å². The number of nitrogens with zero attached hydrogens (tertiary/aromatic N) is 2. The van der Waals surface area contributed by atoms with Crippen LogP contribution in [0.2, 0.25) is 5.02 Å². The number of piperidine rings is 1. The zero-order chi connectivity index (χ0) is 23.8. The number of hydrogen-bond acceptors (Lipinski definition) is 6. The lowest BCUT2D eigenvalue weighted by atomic mass is 10.1. The van der Waals surface area contributed by atoms with Crippen molar-refractivity contribution in [2.45, 2.75) is 50.5 Å². The number of piperazine rings is 1. The van der Waals surface area contributed by atoms with E-state index in [1.807, 2.05) is 0 Å². The summed E-state index contributed by atoms with van der Waals surface area (Å²) in [5.74, 6) is 1.12. The molecule has 0 saturated carbocycles. The Morgan fingerprint density at radius 2 is 1.91 bits per heavy atom. The number of rotatable bonds is 10. The second kappa shape index (κ2) is 12.4. The van der Waals surface area contributed by atoms with Gasteiger partial charge in [-0.25, -0.2) is 8.42 Å². The van der Waals surface area contributed by atoms with Crippen molar-refractivity contribution >= 4 is 27.5 Å². The third kappa shape index (κ3) is 7.82. The summed E-state index contributed by atoms with van der Waals surface area (Å²) in [6, 6.07) is 4.73. The van der Waals surface area contributed by atoms with Crippen LogP contribution in [0.1, 0.15) is 39.5 Å². The van der Waals surface area contributed by atoms with Crippen molar-refractivity contribution < 1.29 is 17.9 Å². The van der Waals surface area contributed by atoms with Crippen LogP contribution >= 0.6 is 11.6 Å². The van der Waals surface area contributed by atoms with Gasteiger partial charge in [0.1, 0.15) is 11.9 Å². The number of amides is 1. The molecule has 2 aliphatic rings. The molecule has 0 unspecified atom stereocenters. The lowest BCUT2D eigenvalue weighted by Gasteiger charge is -2.34. The molecule has 2 heterocycles. The second-order valence-corrected chi connectivity index (χ2v) is 11.5. The van der Waals surface area contributed by atoms with Crippen molar-refractivity contribution in [3.8, 4) is 5.75 Å². The third-order valence-corrected chi connectivity index (χ3v) is 8.34. The molecule has 0 atom stereocenters. The normalized spacial score (nSPS) is 19.0. The fourth-order valence-corrected chi connectivity index (χ4v) is 5.77. The Morgan fingerprint density at radius 3 is 2.55 bits per heavy atom. The van der Waals surface area contributed by atoms with E-state index in [2.05, 4.69) is 29.4 Å². The van der Waals surface area contributed by atoms with Crippen molar-refractivity contribution in [2.24, 2.45) is 5.92 Å². The number of benzene rings is 1. The first kappa shape index (κ1) is 26.2. The Labute approximate surface area is 203 Å². The van der Waals surface area contributed by atoms with Gasteiger partial charge in [0, 0.05) is 45.7 Å². The first-order valence-electron chi connectivity index (χ1n) is 11.9. The van der Waals surface area contributed by atoms with Crippen LogP contribution in [0.3, 0.4) is 0 Å². The third-order valence-electron chi connectivity index (χ3n) is 6.15. The van der Waals surface area contributed by atoms with Gasteiger partial charge in [-0.15, -0.1) is 0 Å². The fourth-order valence-electron chi connectivity index (χ4n) is 4.03. The minimum absolute atomic E-state index is 0.0781. The van der Waals surface area contributed by atoms with Gasteiger partial charge in [0.15, 0.2) is 0 Å². The van der Waals surface area contributed by atoms with E-state index in [9.17, 15) is 13.2 Å². The van der Waals surface area contributed by atoms with E-state index in [0.717, 1.165) is 38.9 Å². The number of halogens is 1. The summed E-state index contributed by atoms with van der Waals surface area (Å²) >= 11 is 6.37. The van der Waals surface area contributed by atoms with E-state index >= 15 is 0 Å². The van der Waals surface area contributed by atoms with Crippen molar-refractivity contribution in [1.82, 2.24) is 19.8 Å². The molecule has 186 valence electrons. The SMILES string of the molecule is CC(C)CCC(=O)NCCN1CCN(S(=O)(=O)c2ccc(OC3CCNCC3)c(Cl)c2)CC1. The molecule has 1 aromatic rings. The van der Waals surface area contributed by atoms with Crippen LogP contribution < -0.4 is 15.4 Å². The van der Waals surface area contributed by atoms with Crippen LogP contribution in [0.4, 0.5) is 0 Å². The van der Waals surface area contributed by atoms with Crippen LogP contribution in [0.15, 0.2) is 23.1 Å². The van der Waals surface area contributed by atoms with Gasteiger partial charge in [-0.3, -0.25) is 9.69 Å². The number of carbonyl (C=O) groups is 1. The summed E-state index contributed by atoms with van der Waals surface area (Å²) < 4.78 is 33.7. The molecular formula is C23H37ClN4O4S. The molecule has 2 fully saturated rings. The quantitative estimate of drug-likeness (QED) is 0.512. The monoisotopic (exact) mass is 500 g/mol. The van der Waals surface area contributed by atoms with Crippen LogP contribution in [-0.4, -0.2) is 82.0 Å². The lowest BCUT2D eigenvalue weighted by molar-refractivity contribution is -0.121. The Balaban J connectivity index is 1.47. The Hall–Kier alpha value is -1.39. The average Bonchev–Trinajstić information content (AvgIpc) is 2.80. The van der Waals surface area contributed by atoms with Gasteiger partial charge >= 0.3 is 0 Å². The standard InChI is InChI=1S/C23H37ClN4O4S/c1-18(2)3-6-23(29)26-11-12-27-13-15-28(16-14-27)33(30,31)20-4-5-22(21(24)17-20)32-19-7-9-25-10-8-19/h4-5,17-19,25H,3,6-16H2,1-2H3,(H,26,29). The van der Waals surface area contributed by atoms with E-state index in [-0.39, 0.29) is 16.9 Å². The van der Waals surface area contributed by atoms with Crippen molar-refractivity contribution in [3.63, 3.8) is 0 Å². The minimum atomic E-state index is -3.62. The number of nitrogens with one attached hydrogen (secondary N) is 2. The minimum Gasteiger partial charge on any atom is -0.489 e. The molecule has 3 rings (SSSR count). The lowest BCUT2D eigenvalue weighted by Crippen LogP contribution is -2.50. The summed E-state index contributed by atoms with van der Waals surface area (Å²) in [4.78, 5) is 14.2. The van der Waals surface area contributed by atoms with E-state index in [0.29, 0.717) is 55.8 Å². The van der Waals surface area contributed by atoms with Gasteiger partial charge in [-0.2, -0.15) is 4.31 Å². The smallest absolute Gasteiger partial charge is 0.243 e. The zero-order valence-corrected chi connectivity index (χ0v) is 21.3. The highest BCUT2D eigenvalue weighted by atomic mass is 35.5. The number of carbonyl (C=O) groups excluding carboxylic acids is 1. The van der Waals surface area contributed by atoms with Gasteiger partial charge < -0.3 is 15.4 Å². The topological polar surface area (TPSA) is 91.0 Å².